The zero-order valence-electron chi connectivity index (χ0n) is 15.5. The Morgan fingerprint density at radius 3 is 2.59 bits per heavy atom. The number of aliphatic carboxylic acids is 1. The Bertz CT molecular complexity index is 950. The maximum atomic E-state index is 12.9. The Morgan fingerprint density at radius 1 is 1.22 bits per heavy atom. The molecule has 142 valence electrons. The molecule has 2 N–H and O–H groups in total. The minimum Gasteiger partial charge on any atom is -0.496 e. The van der Waals surface area contributed by atoms with Crippen LogP contribution in [0.1, 0.15) is 33.1 Å². The number of aromatic nitrogens is 1. The van der Waals surface area contributed by atoms with Gasteiger partial charge in [-0.15, -0.1) is 0 Å². The number of para-hydroxylation sites is 1. The quantitative estimate of drug-likeness (QED) is 0.857. The average molecular weight is 370 g/mol. The van der Waals surface area contributed by atoms with Crippen LogP contribution in [0.3, 0.4) is 0 Å². The predicted octanol–water partition coefficient (Wildman–Crippen LogP) is 1.94. The van der Waals surface area contributed by atoms with Crippen LogP contribution in [0.2, 0.25) is 0 Å². The second-order valence-electron chi connectivity index (χ2n) is 6.82. The highest BCUT2D eigenvalue weighted by Gasteiger charge is 2.42. The summed E-state index contributed by atoms with van der Waals surface area (Å²) >= 11 is 0. The number of carbonyl (C=O) groups is 2. The lowest BCUT2D eigenvalue weighted by Crippen LogP contribution is -2.34. The molecular formula is C20H22N2O5. The van der Waals surface area contributed by atoms with Crippen LogP contribution in [-0.2, 0) is 4.79 Å². The molecule has 2 atom stereocenters. The molecule has 1 amide bonds. The molecule has 7 heteroatoms. The number of likely N-dealkylation sites (tertiary alicyclic amines) is 1. The number of carboxylic acids is 1. The number of hydrogen-bond acceptors (Lipinski definition) is 4. The Balaban J connectivity index is 1.95. The molecule has 0 unspecified atom stereocenters. The van der Waals surface area contributed by atoms with Crippen molar-refractivity contribution in [3.05, 3.63) is 63.1 Å². The van der Waals surface area contributed by atoms with Crippen LogP contribution in [-0.4, -0.2) is 47.1 Å². The van der Waals surface area contributed by atoms with E-state index in [1.54, 1.807) is 19.1 Å². The number of aromatic amines is 1. The van der Waals surface area contributed by atoms with Gasteiger partial charge in [-0.3, -0.25) is 14.4 Å². The lowest BCUT2D eigenvalue weighted by atomic mass is 9.88. The van der Waals surface area contributed by atoms with Gasteiger partial charge in [-0.25, -0.2) is 0 Å². The summed E-state index contributed by atoms with van der Waals surface area (Å²) in [6.45, 7) is 3.83. The highest BCUT2D eigenvalue weighted by molar-refractivity contribution is 5.95. The first-order chi connectivity index (χ1) is 12.8. The van der Waals surface area contributed by atoms with Gasteiger partial charge in [-0.2, -0.15) is 0 Å². The number of nitrogens with zero attached hydrogens (tertiary/aromatic N) is 1. The van der Waals surface area contributed by atoms with Gasteiger partial charge in [0.05, 0.1) is 13.0 Å². The molecule has 0 saturated carbocycles. The fourth-order valence-corrected chi connectivity index (χ4v) is 3.56. The van der Waals surface area contributed by atoms with E-state index < -0.39 is 29.3 Å². The number of H-pyrrole nitrogens is 1. The molecule has 2 heterocycles. The molecular weight excluding hydrogens is 348 g/mol. The summed E-state index contributed by atoms with van der Waals surface area (Å²) in [5, 5.41) is 9.67. The maximum absolute atomic E-state index is 12.9. The van der Waals surface area contributed by atoms with E-state index in [2.05, 4.69) is 4.98 Å². The number of aryl methyl sites for hydroxylation is 2. The number of carbonyl (C=O) groups excluding carboxylic acids is 1. The number of rotatable bonds is 4. The zero-order valence-corrected chi connectivity index (χ0v) is 15.5. The number of carboxylic acid groups (broad SMARTS) is 1. The Morgan fingerprint density at radius 2 is 1.93 bits per heavy atom. The monoisotopic (exact) mass is 370 g/mol. The average Bonchev–Trinajstić information content (AvgIpc) is 3.09. The van der Waals surface area contributed by atoms with Gasteiger partial charge in [0, 0.05) is 24.7 Å². The van der Waals surface area contributed by atoms with Crippen LogP contribution >= 0.6 is 0 Å². The van der Waals surface area contributed by atoms with Gasteiger partial charge in [0.1, 0.15) is 11.3 Å². The van der Waals surface area contributed by atoms with Crippen molar-refractivity contribution in [3.63, 3.8) is 0 Å². The van der Waals surface area contributed by atoms with Crippen molar-refractivity contribution >= 4 is 11.9 Å². The zero-order chi connectivity index (χ0) is 19.7. The van der Waals surface area contributed by atoms with Gasteiger partial charge in [-0.05, 0) is 37.1 Å². The molecule has 0 bridgehead atoms. The fraction of sp³-hybridized carbons (Fsp3) is 0.350. The third kappa shape index (κ3) is 3.45. The Kier molecular flexibility index (Phi) is 5.03. The molecule has 1 aliphatic rings. The van der Waals surface area contributed by atoms with E-state index in [9.17, 15) is 19.5 Å². The largest absolute Gasteiger partial charge is 0.496 e. The molecule has 27 heavy (non-hydrogen) atoms. The van der Waals surface area contributed by atoms with E-state index in [4.69, 9.17) is 4.74 Å². The van der Waals surface area contributed by atoms with E-state index in [-0.39, 0.29) is 18.7 Å². The van der Waals surface area contributed by atoms with Crippen molar-refractivity contribution in [1.82, 2.24) is 9.88 Å². The normalized spacial score (nSPS) is 19.1. The van der Waals surface area contributed by atoms with Crippen molar-refractivity contribution in [1.29, 1.82) is 0 Å². The van der Waals surface area contributed by atoms with Gasteiger partial charge < -0.3 is 19.7 Å². The van der Waals surface area contributed by atoms with Gasteiger partial charge >= 0.3 is 5.97 Å². The minimum atomic E-state index is -0.977. The number of benzene rings is 1. The predicted molar refractivity (Wildman–Crippen MR) is 99.3 cm³/mol. The Hall–Kier alpha value is -3.09. The molecule has 3 rings (SSSR count). The van der Waals surface area contributed by atoms with Gasteiger partial charge in [0.25, 0.3) is 11.5 Å². The van der Waals surface area contributed by atoms with Crippen LogP contribution in [0.15, 0.2) is 35.1 Å². The van der Waals surface area contributed by atoms with Gasteiger partial charge in [0.2, 0.25) is 0 Å². The number of amides is 1. The standard InChI is InChI=1S/C20H22N2O5/c1-11-8-14(18(23)21-12(11)2)19(24)22-9-15(16(10-22)20(25)26)13-6-4-5-7-17(13)27-3/h4-8,15-16H,9-10H2,1-3H3,(H,21,23)(H,25,26)/t15-,16+/m0/s1. The third-order valence-corrected chi connectivity index (χ3v) is 5.19. The lowest BCUT2D eigenvalue weighted by Gasteiger charge is -2.18. The molecule has 0 spiro atoms. The highest BCUT2D eigenvalue weighted by atomic mass is 16.5. The van der Waals surface area contributed by atoms with Crippen molar-refractivity contribution < 1.29 is 19.4 Å². The van der Waals surface area contributed by atoms with Crippen LogP contribution in [0, 0.1) is 19.8 Å². The first kappa shape index (κ1) is 18.7. The summed E-state index contributed by atoms with van der Waals surface area (Å²) in [4.78, 5) is 41.0. The topological polar surface area (TPSA) is 99.7 Å². The lowest BCUT2D eigenvalue weighted by molar-refractivity contribution is -0.141. The molecule has 0 radical (unpaired) electrons. The Labute approximate surface area is 156 Å². The molecule has 2 aromatic rings. The number of ether oxygens (including phenoxy) is 1. The van der Waals surface area contributed by atoms with E-state index in [1.807, 2.05) is 25.1 Å². The van der Waals surface area contributed by atoms with Gasteiger partial charge in [-0.1, -0.05) is 18.2 Å². The van der Waals surface area contributed by atoms with E-state index >= 15 is 0 Å². The summed E-state index contributed by atoms with van der Waals surface area (Å²) in [6, 6.07) is 8.77. The summed E-state index contributed by atoms with van der Waals surface area (Å²) in [7, 11) is 1.53. The van der Waals surface area contributed by atoms with Crippen molar-refractivity contribution in [2.75, 3.05) is 20.2 Å². The number of methoxy groups -OCH3 is 1. The summed E-state index contributed by atoms with van der Waals surface area (Å²) in [6.07, 6.45) is 0. The van der Waals surface area contributed by atoms with Crippen LogP contribution in [0.5, 0.6) is 5.75 Å². The number of nitrogens with one attached hydrogen (secondary N) is 1. The molecule has 7 nitrogen and oxygen atoms in total. The van der Waals surface area contributed by atoms with Crippen LogP contribution in [0.25, 0.3) is 0 Å². The second-order valence-corrected chi connectivity index (χ2v) is 6.82. The first-order valence-corrected chi connectivity index (χ1v) is 8.69. The molecule has 1 aliphatic heterocycles. The molecule has 1 aromatic carbocycles. The van der Waals surface area contributed by atoms with E-state index in [0.717, 1.165) is 11.1 Å². The third-order valence-electron chi connectivity index (χ3n) is 5.19. The SMILES string of the molecule is COc1ccccc1[C@@H]1CN(C(=O)c2cc(C)c(C)[nH]c2=O)C[C@H]1C(=O)O. The van der Waals surface area contributed by atoms with Gasteiger partial charge in [0.15, 0.2) is 0 Å². The van der Waals surface area contributed by atoms with Crippen LogP contribution in [0.4, 0.5) is 0 Å². The van der Waals surface area contributed by atoms with Crippen molar-refractivity contribution in [2.24, 2.45) is 5.92 Å². The first-order valence-electron chi connectivity index (χ1n) is 8.69. The van der Waals surface area contributed by atoms with Crippen molar-refractivity contribution in [2.45, 2.75) is 19.8 Å². The molecule has 1 saturated heterocycles. The molecule has 1 aromatic heterocycles. The van der Waals surface area contributed by atoms with E-state index in [1.165, 1.54) is 12.0 Å². The van der Waals surface area contributed by atoms with Crippen molar-refractivity contribution in [3.8, 4) is 5.75 Å². The minimum absolute atomic E-state index is 0.0305. The fourth-order valence-electron chi connectivity index (χ4n) is 3.56. The van der Waals surface area contributed by atoms with E-state index in [0.29, 0.717) is 11.4 Å². The summed E-state index contributed by atoms with van der Waals surface area (Å²) in [5.41, 5.74) is 1.82. The molecule has 0 aliphatic carbocycles. The summed E-state index contributed by atoms with van der Waals surface area (Å²) in [5.74, 6) is -2.02. The second kappa shape index (κ2) is 7.26. The molecule has 1 fully saturated rings. The maximum Gasteiger partial charge on any atom is 0.308 e. The number of hydrogen-bond donors (Lipinski definition) is 2. The highest BCUT2D eigenvalue weighted by Crippen LogP contribution is 2.38. The number of pyridine rings is 1. The smallest absolute Gasteiger partial charge is 0.308 e. The van der Waals surface area contributed by atoms with Crippen LogP contribution < -0.4 is 10.3 Å². The summed E-state index contributed by atoms with van der Waals surface area (Å²) < 4.78 is 5.36.